The van der Waals surface area contributed by atoms with Crippen LogP contribution in [0.15, 0.2) is 54.6 Å². The second-order valence-corrected chi connectivity index (χ2v) is 7.02. The summed E-state index contributed by atoms with van der Waals surface area (Å²) < 4.78 is 5.86. The first kappa shape index (κ1) is 16.2. The predicted molar refractivity (Wildman–Crippen MR) is 97.6 cm³/mol. The lowest BCUT2D eigenvalue weighted by molar-refractivity contribution is 0.0642. The molecule has 2 heterocycles. The van der Waals surface area contributed by atoms with Crippen LogP contribution in [0.5, 0.6) is 5.75 Å². The van der Waals surface area contributed by atoms with Gasteiger partial charge in [-0.1, -0.05) is 36.4 Å². The molecule has 2 aliphatic heterocycles. The Hall–Kier alpha value is -2.33. The van der Waals surface area contributed by atoms with E-state index in [4.69, 9.17) is 4.74 Å². The molecule has 2 fully saturated rings. The van der Waals surface area contributed by atoms with E-state index in [0.717, 1.165) is 55.4 Å². The van der Waals surface area contributed by atoms with Crippen LogP contribution in [0.4, 0.5) is 0 Å². The van der Waals surface area contributed by atoms with Gasteiger partial charge in [-0.2, -0.15) is 0 Å². The van der Waals surface area contributed by atoms with Crippen LogP contribution in [0.2, 0.25) is 0 Å². The van der Waals surface area contributed by atoms with Crippen LogP contribution in [0.25, 0.3) is 0 Å². The van der Waals surface area contributed by atoms with Crippen LogP contribution >= 0.6 is 0 Å². The van der Waals surface area contributed by atoms with Gasteiger partial charge in [0, 0.05) is 18.7 Å². The number of amides is 1. The highest BCUT2D eigenvalue weighted by molar-refractivity contribution is 5.94. The van der Waals surface area contributed by atoms with Gasteiger partial charge in [-0.3, -0.25) is 4.79 Å². The summed E-state index contributed by atoms with van der Waals surface area (Å²) in [5, 5.41) is 3.45. The average Bonchev–Trinajstić information content (AvgIpc) is 3.14. The number of fused-ring (bicyclic) bond motifs is 1. The van der Waals surface area contributed by atoms with E-state index in [1.54, 1.807) is 0 Å². The van der Waals surface area contributed by atoms with Crippen molar-refractivity contribution in [1.82, 2.24) is 10.2 Å². The maximum atomic E-state index is 12.9. The van der Waals surface area contributed by atoms with Gasteiger partial charge in [0.05, 0.1) is 0 Å². The van der Waals surface area contributed by atoms with E-state index >= 15 is 0 Å². The number of hydrogen-bond acceptors (Lipinski definition) is 3. The number of hydrogen-bond donors (Lipinski definition) is 1. The van der Waals surface area contributed by atoms with Gasteiger partial charge in [0.2, 0.25) is 0 Å². The molecule has 0 aromatic heterocycles. The molecule has 25 heavy (non-hydrogen) atoms. The maximum absolute atomic E-state index is 12.9. The van der Waals surface area contributed by atoms with Crippen molar-refractivity contribution in [2.24, 2.45) is 11.8 Å². The number of likely N-dealkylation sites (tertiary alicyclic amines) is 1. The Labute approximate surface area is 148 Å². The molecule has 4 heteroatoms. The summed E-state index contributed by atoms with van der Waals surface area (Å²) in [5.41, 5.74) is 1.84. The summed E-state index contributed by atoms with van der Waals surface area (Å²) in [5.74, 6) is 2.21. The van der Waals surface area contributed by atoms with Crippen molar-refractivity contribution in [3.05, 3.63) is 65.7 Å². The van der Waals surface area contributed by atoms with Crippen molar-refractivity contribution >= 4 is 5.91 Å². The minimum absolute atomic E-state index is 0.121. The molecule has 0 saturated carbocycles. The lowest BCUT2D eigenvalue weighted by atomic mass is 9.88. The van der Waals surface area contributed by atoms with E-state index in [2.05, 4.69) is 5.32 Å². The van der Waals surface area contributed by atoms with Crippen molar-refractivity contribution in [2.75, 3.05) is 26.2 Å². The van der Waals surface area contributed by atoms with Gasteiger partial charge >= 0.3 is 0 Å². The van der Waals surface area contributed by atoms with E-state index in [1.165, 1.54) is 0 Å². The minimum atomic E-state index is 0.121. The Morgan fingerprint density at radius 3 is 2.80 bits per heavy atom. The summed E-state index contributed by atoms with van der Waals surface area (Å²) in [6.07, 6.45) is 1.10. The molecule has 2 saturated heterocycles. The zero-order valence-corrected chi connectivity index (χ0v) is 14.4. The Morgan fingerprint density at radius 1 is 1.08 bits per heavy atom. The normalized spacial score (nSPS) is 22.5. The van der Waals surface area contributed by atoms with Gasteiger partial charge in [0.15, 0.2) is 0 Å². The molecule has 2 aromatic carbocycles. The highest BCUT2D eigenvalue weighted by atomic mass is 16.5. The number of carbonyl (C=O) groups is 1. The molecular formula is C21H24N2O2. The van der Waals surface area contributed by atoms with Crippen molar-refractivity contribution in [2.45, 2.75) is 13.0 Å². The SMILES string of the molecule is O=C(c1cccc(OCc2ccccc2)c1)N1CCC2CNCC2C1. The smallest absolute Gasteiger partial charge is 0.253 e. The molecule has 1 amide bonds. The highest BCUT2D eigenvalue weighted by Gasteiger charge is 2.34. The van der Waals surface area contributed by atoms with Gasteiger partial charge < -0.3 is 15.0 Å². The number of nitrogens with zero attached hydrogens (tertiary/aromatic N) is 1. The van der Waals surface area contributed by atoms with Crippen LogP contribution in [0.1, 0.15) is 22.3 Å². The van der Waals surface area contributed by atoms with Crippen molar-refractivity contribution in [3.63, 3.8) is 0 Å². The molecule has 2 atom stereocenters. The number of piperidine rings is 1. The quantitative estimate of drug-likeness (QED) is 0.933. The predicted octanol–water partition coefficient (Wildman–Crippen LogP) is 2.95. The number of rotatable bonds is 4. The summed E-state index contributed by atoms with van der Waals surface area (Å²) in [6, 6.07) is 17.6. The largest absolute Gasteiger partial charge is 0.489 e. The zero-order valence-electron chi connectivity index (χ0n) is 14.4. The number of ether oxygens (including phenoxy) is 1. The zero-order chi connectivity index (χ0) is 17.1. The number of benzene rings is 2. The van der Waals surface area contributed by atoms with Crippen molar-refractivity contribution in [3.8, 4) is 5.75 Å². The van der Waals surface area contributed by atoms with E-state index in [1.807, 2.05) is 59.5 Å². The van der Waals surface area contributed by atoms with E-state index < -0.39 is 0 Å². The molecule has 130 valence electrons. The first-order valence-electron chi connectivity index (χ1n) is 9.06. The fraction of sp³-hybridized carbons (Fsp3) is 0.381. The molecule has 4 rings (SSSR count). The summed E-state index contributed by atoms with van der Waals surface area (Å²) in [4.78, 5) is 14.9. The Morgan fingerprint density at radius 2 is 1.92 bits per heavy atom. The number of nitrogens with one attached hydrogen (secondary N) is 1. The molecule has 2 aromatic rings. The molecular weight excluding hydrogens is 312 g/mol. The van der Waals surface area contributed by atoms with Crippen LogP contribution in [0, 0.1) is 11.8 Å². The molecule has 0 bridgehead atoms. The highest BCUT2D eigenvalue weighted by Crippen LogP contribution is 2.27. The molecule has 2 aliphatic rings. The Kier molecular flexibility index (Phi) is 4.70. The van der Waals surface area contributed by atoms with E-state index in [9.17, 15) is 4.79 Å². The third kappa shape index (κ3) is 3.69. The van der Waals surface area contributed by atoms with Crippen LogP contribution < -0.4 is 10.1 Å². The van der Waals surface area contributed by atoms with E-state index in [0.29, 0.717) is 12.5 Å². The third-order valence-electron chi connectivity index (χ3n) is 5.32. The molecule has 0 radical (unpaired) electrons. The standard InChI is InChI=1S/C21H24N2O2/c24-21(23-10-9-18-12-22-13-19(18)14-23)17-7-4-8-20(11-17)25-15-16-5-2-1-3-6-16/h1-8,11,18-19,22H,9-10,12-15H2. The monoisotopic (exact) mass is 336 g/mol. The lowest BCUT2D eigenvalue weighted by Gasteiger charge is -2.34. The van der Waals surface area contributed by atoms with Gasteiger partial charge in [-0.05, 0) is 55.1 Å². The first-order chi connectivity index (χ1) is 12.3. The summed E-state index contributed by atoms with van der Waals surface area (Å²) >= 11 is 0. The molecule has 0 spiro atoms. The second-order valence-electron chi connectivity index (χ2n) is 7.02. The fourth-order valence-corrected chi connectivity index (χ4v) is 3.86. The maximum Gasteiger partial charge on any atom is 0.253 e. The summed E-state index contributed by atoms with van der Waals surface area (Å²) in [6.45, 7) is 4.38. The second kappa shape index (κ2) is 7.28. The first-order valence-corrected chi connectivity index (χ1v) is 9.06. The van der Waals surface area contributed by atoms with Crippen LogP contribution in [-0.2, 0) is 6.61 Å². The van der Waals surface area contributed by atoms with Gasteiger partial charge in [-0.15, -0.1) is 0 Å². The van der Waals surface area contributed by atoms with Gasteiger partial charge in [0.1, 0.15) is 12.4 Å². The van der Waals surface area contributed by atoms with E-state index in [-0.39, 0.29) is 5.91 Å². The fourth-order valence-electron chi connectivity index (χ4n) is 3.86. The molecule has 0 aliphatic carbocycles. The van der Waals surface area contributed by atoms with Gasteiger partial charge in [-0.25, -0.2) is 0 Å². The molecule has 4 nitrogen and oxygen atoms in total. The minimum Gasteiger partial charge on any atom is -0.489 e. The topological polar surface area (TPSA) is 41.6 Å². The Bertz CT molecular complexity index is 732. The van der Waals surface area contributed by atoms with Crippen molar-refractivity contribution < 1.29 is 9.53 Å². The number of carbonyl (C=O) groups excluding carboxylic acids is 1. The third-order valence-corrected chi connectivity index (χ3v) is 5.32. The van der Waals surface area contributed by atoms with Gasteiger partial charge in [0.25, 0.3) is 5.91 Å². The Balaban J connectivity index is 1.41. The average molecular weight is 336 g/mol. The molecule has 2 unspecified atom stereocenters. The van der Waals surface area contributed by atoms with Crippen molar-refractivity contribution in [1.29, 1.82) is 0 Å². The summed E-state index contributed by atoms with van der Waals surface area (Å²) in [7, 11) is 0. The van der Waals surface area contributed by atoms with Crippen LogP contribution in [0.3, 0.4) is 0 Å². The van der Waals surface area contributed by atoms with Crippen LogP contribution in [-0.4, -0.2) is 37.0 Å². The molecule has 1 N–H and O–H groups in total. The lowest BCUT2D eigenvalue weighted by Crippen LogP contribution is -2.43.